The Morgan fingerprint density at radius 2 is 1.46 bits per heavy atom. The summed E-state index contributed by atoms with van der Waals surface area (Å²) in [7, 11) is 0. The van der Waals surface area contributed by atoms with Gasteiger partial charge in [0, 0.05) is 44.8 Å². The molecular weight excluding hydrogens is 362 g/mol. The van der Waals surface area contributed by atoms with Gasteiger partial charge in [-0.15, -0.1) is 0 Å². The predicted octanol–water partition coefficient (Wildman–Crippen LogP) is 0.271. The number of carbonyl (C=O) groups excluding carboxylic acids is 3. The number of benzene rings is 1. The Balaban J connectivity index is 1.39. The van der Waals surface area contributed by atoms with E-state index in [1.807, 2.05) is 4.90 Å². The van der Waals surface area contributed by atoms with Crippen LogP contribution in [0.4, 0.5) is 0 Å². The maximum Gasteiger partial charge on any atom is 0.260 e. The van der Waals surface area contributed by atoms with Crippen LogP contribution in [0.1, 0.15) is 17.3 Å². The first-order chi connectivity index (χ1) is 13.5. The Bertz CT molecular complexity index is 692. The molecule has 0 atom stereocenters. The fourth-order valence-corrected chi connectivity index (χ4v) is 3.28. The molecule has 0 radical (unpaired) electrons. The molecule has 3 rings (SSSR count). The lowest BCUT2D eigenvalue weighted by Crippen LogP contribution is -2.54. The topological polar surface area (TPSA) is 79.4 Å². The number of Topliss-reactive ketones (excluding diaryl/α,β-unsaturated/α-hetero) is 1. The van der Waals surface area contributed by atoms with Gasteiger partial charge in [-0.1, -0.05) is 0 Å². The molecule has 1 aromatic carbocycles. The highest BCUT2D eigenvalue weighted by Gasteiger charge is 2.25. The van der Waals surface area contributed by atoms with Crippen LogP contribution in [-0.2, 0) is 14.3 Å². The van der Waals surface area contributed by atoms with Gasteiger partial charge in [-0.3, -0.25) is 19.3 Å². The second-order valence-electron chi connectivity index (χ2n) is 7.02. The molecule has 2 amide bonds. The molecule has 152 valence electrons. The standard InChI is InChI=1S/C20H27N3O5/c1-16(24)17-2-4-18(5-3-17)28-15-20(26)23-8-6-22(7-9-23)19(25)14-21-10-12-27-13-11-21/h2-5H,6-15H2,1H3. The molecule has 2 heterocycles. The molecule has 1 aromatic rings. The fraction of sp³-hybridized carbons (Fsp3) is 0.550. The van der Waals surface area contributed by atoms with Crippen LogP contribution < -0.4 is 4.74 Å². The number of amides is 2. The summed E-state index contributed by atoms with van der Waals surface area (Å²) in [6.45, 7) is 6.90. The number of carbonyl (C=O) groups is 3. The van der Waals surface area contributed by atoms with Crippen LogP contribution in [0.5, 0.6) is 5.75 Å². The first kappa shape index (κ1) is 20.3. The molecule has 2 aliphatic rings. The van der Waals surface area contributed by atoms with Crippen molar-refractivity contribution in [2.45, 2.75) is 6.92 Å². The van der Waals surface area contributed by atoms with Crippen LogP contribution in [-0.4, -0.2) is 97.9 Å². The molecule has 8 heteroatoms. The first-order valence-corrected chi connectivity index (χ1v) is 9.62. The highest BCUT2D eigenvalue weighted by Crippen LogP contribution is 2.13. The van der Waals surface area contributed by atoms with E-state index >= 15 is 0 Å². The van der Waals surface area contributed by atoms with Crippen LogP contribution in [0.2, 0.25) is 0 Å². The number of ether oxygens (including phenoxy) is 2. The average molecular weight is 389 g/mol. The lowest BCUT2D eigenvalue weighted by molar-refractivity contribution is -0.141. The van der Waals surface area contributed by atoms with E-state index < -0.39 is 0 Å². The lowest BCUT2D eigenvalue weighted by Gasteiger charge is -2.36. The molecule has 0 spiro atoms. The van der Waals surface area contributed by atoms with Crippen molar-refractivity contribution in [1.82, 2.24) is 14.7 Å². The summed E-state index contributed by atoms with van der Waals surface area (Å²) in [5, 5.41) is 0. The van der Waals surface area contributed by atoms with Gasteiger partial charge < -0.3 is 19.3 Å². The average Bonchev–Trinajstić information content (AvgIpc) is 2.73. The van der Waals surface area contributed by atoms with E-state index in [0.29, 0.717) is 57.3 Å². The quantitative estimate of drug-likeness (QED) is 0.650. The number of morpholine rings is 1. The van der Waals surface area contributed by atoms with Crippen molar-refractivity contribution in [2.75, 3.05) is 65.6 Å². The summed E-state index contributed by atoms with van der Waals surface area (Å²) in [4.78, 5) is 41.7. The number of hydrogen-bond acceptors (Lipinski definition) is 6. The zero-order valence-electron chi connectivity index (χ0n) is 16.3. The normalized spacial score (nSPS) is 18.0. The number of nitrogens with zero attached hydrogens (tertiary/aromatic N) is 3. The molecule has 0 N–H and O–H groups in total. The van der Waals surface area contributed by atoms with Gasteiger partial charge in [-0.25, -0.2) is 0 Å². The molecule has 2 aliphatic heterocycles. The molecule has 0 unspecified atom stereocenters. The molecule has 28 heavy (non-hydrogen) atoms. The van der Waals surface area contributed by atoms with E-state index in [-0.39, 0.29) is 24.2 Å². The van der Waals surface area contributed by atoms with Crippen LogP contribution in [0.3, 0.4) is 0 Å². The van der Waals surface area contributed by atoms with Gasteiger partial charge in [0.05, 0.1) is 19.8 Å². The van der Waals surface area contributed by atoms with Crippen molar-refractivity contribution in [1.29, 1.82) is 0 Å². The third-order valence-electron chi connectivity index (χ3n) is 5.07. The van der Waals surface area contributed by atoms with Gasteiger partial charge >= 0.3 is 0 Å². The Kier molecular flexibility index (Phi) is 7.00. The Morgan fingerprint density at radius 1 is 0.893 bits per heavy atom. The maximum absolute atomic E-state index is 12.4. The van der Waals surface area contributed by atoms with Crippen molar-refractivity contribution in [2.24, 2.45) is 0 Å². The van der Waals surface area contributed by atoms with E-state index in [2.05, 4.69) is 4.90 Å². The summed E-state index contributed by atoms with van der Waals surface area (Å²) in [5.74, 6) is 0.549. The predicted molar refractivity (Wildman–Crippen MR) is 102 cm³/mol. The number of ketones is 1. The minimum atomic E-state index is -0.101. The summed E-state index contributed by atoms with van der Waals surface area (Å²) in [5.41, 5.74) is 0.608. The molecule has 0 saturated carbocycles. The summed E-state index contributed by atoms with van der Waals surface area (Å²) in [6, 6.07) is 6.74. The van der Waals surface area contributed by atoms with E-state index in [1.165, 1.54) is 6.92 Å². The molecule has 0 aromatic heterocycles. The second kappa shape index (κ2) is 9.66. The third-order valence-corrected chi connectivity index (χ3v) is 5.07. The van der Waals surface area contributed by atoms with E-state index in [1.54, 1.807) is 29.2 Å². The largest absolute Gasteiger partial charge is 0.484 e. The van der Waals surface area contributed by atoms with Crippen LogP contribution in [0.15, 0.2) is 24.3 Å². The van der Waals surface area contributed by atoms with Crippen molar-refractivity contribution < 1.29 is 23.9 Å². The van der Waals surface area contributed by atoms with Crippen LogP contribution in [0.25, 0.3) is 0 Å². The van der Waals surface area contributed by atoms with Crippen LogP contribution in [0, 0.1) is 0 Å². The zero-order valence-corrected chi connectivity index (χ0v) is 16.3. The highest BCUT2D eigenvalue weighted by atomic mass is 16.5. The highest BCUT2D eigenvalue weighted by molar-refractivity contribution is 5.94. The zero-order chi connectivity index (χ0) is 19.9. The van der Waals surface area contributed by atoms with Crippen molar-refractivity contribution in [3.05, 3.63) is 29.8 Å². The van der Waals surface area contributed by atoms with Gasteiger partial charge in [0.2, 0.25) is 5.91 Å². The number of rotatable bonds is 6. The molecule has 0 aliphatic carbocycles. The van der Waals surface area contributed by atoms with Gasteiger partial charge in [0.1, 0.15) is 5.75 Å². The Morgan fingerprint density at radius 3 is 2.04 bits per heavy atom. The van der Waals surface area contributed by atoms with Gasteiger partial charge in [0.25, 0.3) is 5.91 Å². The van der Waals surface area contributed by atoms with Gasteiger partial charge in [-0.05, 0) is 31.2 Å². The van der Waals surface area contributed by atoms with E-state index in [0.717, 1.165) is 13.1 Å². The number of hydrogen-bond donors (Lipinski definition) is 0. The molecule has 8 nitrogen and oxygen atoms in total. The smallest absolute Gasteiger partial charge is 0.260 e. The Hall–Kier alpha value is -2.45. The summed E-state index contributed by atoms with van der Waals surface area (Å²) in [6.07, 6.45) is 0. The van der Waals surface area contributed by atoms with Crippen molar-refractivity contribution in [3.63, 3.8) is 0 Å². The Labute approximate surface area is 165 Å². The monoisotopic (exact) mass is 389 g/mol. The SMILES string of the molecule is CC(=O)c1ccc(OCC(=O)N2CCN(C(=O)CN3CCOCC3)CC2)cc1. The molecule has 2 saturated heterocycles. The third kappa shape index (κ3) is 5.53. The van der Waals surface area contributed by atoms with E-state index in [4.69, 9.17) is 9.47 Å². The minimum absolute atomic E-state index is 0.0105. The summed E-state index contributed by atoms with van der Waals surface area (Å²) < 4.78 is 10.8. The number of piperazine rings is 1. The molecule has 2 fully saturated rings. The minimum Gasteiger partial charge on any atom is -0.484 e. The molecule has 0 bridgehead atoms. The van der Waals surface area contributed by atoms with Crippen LogP contribution >= 0.6 is 0 Å². The van der Waals surface area contributed by atoms with Gasteiger partial charge in [0.15, 0.2) is 12.4 Å². The fourth-order valence-electron chi connectivity index (χ4n) is 3.28. The lowest BCUT2D eigenvalue weighted by atomic mass is 10.1. The van der Waals surface area contributed by atoms with Crippen molar-refractivity contribution in [3.8, 4) is 5.75 Å². The maximum atomic E-state index is 12.4. The summed E-state index contributed by atoms with van der Waals surface area (Å²) >= 11 is 0. The first-order valence-electron chi connectivity index (χ1n) is 9.62. The van der Waals surface area contributed by atoms with Gasteiger partial charge in [-0.2, -0.15) is 0 Å². The molecular formula is C20H27N3O5. The van der Waals surface area contributed by atoms with E-state index in [9.17, 15) is 14.4 Å². The van der Waals surface area contributed by atoms with Crippen molar-refractivity contribution >= 4 is 17.6 Å². The second-order valence-corrected chi connectivity index (χ2v) is 7.02.